The van der Waals surface area contributed by atoms with Crippen LogP contribution in [0.1, 0.15) is 52.4 Å². The smallest absolute Gasteiger partial charge is 0.313 e. The first-order valence-electron chi connectivity index (χ1n) is 5.91. The normalized spacial score (nSPS) is 39.0. The molecule has 80 valence electrons. The highest BCUT2D eigenvalue weighted by atomic mass is 16.6. The number of hydrogen-bond donors (Lipinski definition) is 0. The zero-order valence-electron chi connectivity index (χ0n) is 9.21. The summed E-state index contributed by atoms with van der Waals surface area (Å²) < 4.78 is 5.43. The summed E-state index contributed by atoms with van der Waals surface area (Å²) in [6, 6.07) is 0. The maximum Gasteiger partial charge on any atom is 0.313 e. The van der Waals surface area contributed by atoms with Gasteiger partial charge in [0.1, 0.15) is 5.60 Å². The molecule has 1 aliphatic carbocycles. The minimum absolute atomic E-state index is 0.0283. The monoisotopic (exact) mass is 196 g/mol. The summed E-state index contributed by atoms with van der Waals surface area (Å²) in [6.45, 7) is 4.23. The van der Waals surface area contributed by atoms with Crippen LogP contribution in [0.15, 0.2) is 0 Å². The maximum atomic E-state index is 11.3. The van der Waals surface area contributed by atoms with Crippen molar-refractivity contribution in [3.05, 3.63) is 0 Å². The highest BCUT2D eigenvalue weighted by Gasteiger charge is 2.56. The molecule has 14 heavy (non-hydrogen) atoms. The lowest BCUT2D eigenvalue weighted by atomic mass is 9.67. The zero-order chi connectivity index (χ0) is 10.2. The molecular weight excluding hydrogens is 176 g/mol. The second-order valence-corrected chi connectivity index (χ2v) is 4.90. The highest BCUT2D eigenvalue weighted by Crippen LogP contribution is 2.47. The maximum absolute atomic E-state index is 11.3. The molecule has 0 amide bonds. The molecule has 2 rings (SSSR count). The summed E-state index contributed by atoms with van der Waals surface area (Å²) in [4.78, 5) is 11.3. The largest absolute Gasteiger partial charge is 0.458 e. The number of ether oxygens (including phenoxy) is 1. The van der Waals surface area contributed by atoms with Gasteiger partial charge in [-0.05, 0) is 32.1 Å². The Bertz CT molecular complexity index is 230. The Morgan fingerprint density at radius 3 is 2.50 bits per heavy atom. The molecular formula is C12H20O2. The fourth-order valence-corrected chi connectivity index (χ4v) is 3.15. The van der Waals surface area contributed by atoms with Gasteiger partial charge >= 0.3 is 5.97 Å². The molecule has 2 aliphatic rings. The molecule has 0 radical (unpaired) electrons. The number of cyclic esters (lactones) is 1. The molecule has 2 heteroatoms. The minimum atomic E-state index is -0.119. The van der Waals surface area contributed by atoms with E-state index < -0.39 is 0 Å². The van der Waals surface area contributed by atoms with E-state index in [9.17, 15) is 4.79 Å². The fraction of sp³-hybridized carbons (Fsp3) is 0.917. The van der Waals surface area contributed by atoms with Crippen molar-refractivity contribution in [2.24, 2.45) is 11.8 Å². The van der Waals surface area contributed by atoms with Gasteiger partial charge in [0.2, 0.25) is 0 Å². The molecule has 0 aromatic heterocycles. The van der Waals surface area contributed by atoms with Crippen LogP contribution in [0.2, 0.25) is 0 Å². The third-order valence-corrected chi connectivity index (χ3v) is 4.12. The Morgan fingerprint density at radius 2 is 2.00 bits per heavy atom. The van der Waals surface area contributed by atoms with Gasteiger partial charge in [-0.1, -0.05) is 26.2 Å². The Labute approximate surface area is 86.0 Å². The van der Waals surface area contributed by atoms with E-state index in [4.69, 9.17) is 4.74 Å². The molecule has 0 N–H and O–H groups in total. The van der Waals surface area contributed by atoms with Crippen LogP contribution < -0.4 is 0 Å². The molecule has 2 atom stereocenters. The van der Waals surface area contributed by atoms with Crippen LogP contribution >= 0.6 is 0 Å². The lowest BCUT2D eigenvalue weighted by Gasteiger charge is -2.50. The molecule has 1 saturated carbocycles. The van der Waals surface area contributed by atoms with Crippen molar-refractivity contribution >= 4 is 5.97 Å². The second kappa shape index (κ2) is 3.56. The van der Waals surface area contributed by atoms with Crippen molar-refractivity contribution in [2.75, 3.05) is 0 Å². The molecule has 1 heterocycles. The lowest BCUT2D eigenvalue weighted by molar-refractivity contribution is -0.224. The fourth-order valence-electron chi connectivity index (χ4n) is 3.15. The molecule has 0 spiro atoms. The summed E-state index contributed by atoms with van der Waals surface area (Å²) in [5, 5.41) is 0. The van der Waals surface area contributed by atoms with Crippen LogP contribution in [-0.4, -0.2) is 11.6 Å². The van der Waals surface area contributed by atoms with E-state index in [1.54, 1.807) is 0 Å². The van der Waals surface area contributed by atoms with E-state index in [1.165, 1.54) is 32.1 Å². The van der Waals surface area contributed by atoms with E-state index in [1.807, 2.05) is 0 Å². The summed E-state index contributed by atoms with van der Waals surface area (Å²) >= 11 is 0. The van der Waals surface area contributed by atoms with Gasteiger partial charge in [-0.3, -0.25) is 4.79 Å². The van der Waals surface area contributed by atoms with E-state index in [2.05, 4.69) is 13.8 Å². The van der Waals surface area contributed by atoms with Crippen LogP contribution in [0.4, 0.5) is 0 Å². The predicted octanol–water partition coefficient (Wildman–Crippen LogP) is 2.91. The van der Waals surface area contributed by atoms with Crippen LogP contribution in [0.3, 0.4) is 0 Å². The van der Waals surface area contributed by atoms with E-state index >= 15 is 0 Å². The van der Waals surface area contributed by atoms with Crippen molar-refractivity contribution in [3.63, 3.8) is 0 Å². The van der Waals surface area contributed by atoms with E-state index in [0.29, 0.717) is 5.92 Å². The van der Waals surface area contributed by atoms with Crippen molar-refractivity contribution in [1.82, 2.24) is 0 Å². The summed E-state index contributed by atoms with van der Waals surface area (Å²) in [5.41, 5.74) is -0.119. The molecule has 0 aromatic carbocycles. The third-order valence-electron chi connectivity index (χ3n) is 4.12. The Balaban J connectivity index is 2.04. The zero-order valence-corrected chi connectivity index (χ0v) is 9.21. The molecule has 0 aromatic rings. The predicted molar refractivity (Wildman–Crippen MR) is 54.9 cm³/mol. The van der Waals surface area contributed by atoms with Crippen LogP contribution in [-0.2, 0) is 9.53 Å². The molecule has 0 bridgehead atoms. The Kier molecular flexibility index (Phi) is 2.54. The molecule has 1 aliphatic heterocycles. The highest BCUT2D eigenvalue weighted by molar-refractivity contribution is 5.80. The topological polar surface area (TPSA) is 26.3 Å². The van der Waals surface area contributed by atoms with E-state index in [-0.39, 0.29) is 17.5 Å². The SMILES string of the molecule is CC[C@@H]1C(=O)O[C@@]1(C)C1CCCCC1. The van der Waals surface area contributed by atoms with Crippen molar-refractivity contribution in [2.45, 2.75) is 58.0 Å². The first-order valence-corrected chi connectivity index (χ1v) is 5.91. The number of carbonyl (C=O) groups is 1. The number of rotatable bonds is 2. The van der Waals surface area contributed by atoms with Gasteiger partial charge in [0.05, 0.1) is 5.92 Å². The summed E-state index contributed by atoms with van der Waals surface area (Å²) in [7, 11) is 0. The molecule has 2 fully saturated rings. The Morgan fingerprint density at radius 1 is 1.36 bits per heavy atom. The van der Waals surface area contributed by atoms with Crippen molar-refractivity contribution in [1.29, 1.82) is 0 Å². The minimum Gasteiger partial charge on any atom is -0.458 e. The third kappa shape index (κ3) is 1.35. The Hall–Kier alpha value is -0.530. The molecule has 2 nitrogen and oxygen atoms in total. The first kappa shape index (κ1) is 10.0. The van der Waals surface area contributed by atoms with Gasteiger partial charge in [-0.25, -0.2) is 0 Å². The van der Waals surface area contributed by atoms with Crippen LogP contribution in [0.5, 0.6) is 0 Å². The molecule has 0 unspecified atom stereocenters. The van der Waals surface area contributed by atoms with Crippen molar-refractivity contribution in [3.8, 4) is 0 Å². The second-order valence-electron chi connectivity index (χ2n) is 4.90. The first-order chi connectivity index (χ1) is 6.68. The van der Waals surface area contributed by atoms with Gasteiger partial charge in [0.25, 0.3) is 0 Å². The van der Waals surface area contributed by atoms with Gasteiger partial charge in [-0.15, -0.1) is 0 Å². The average molecular weight is 196 g/mol. The van der Waals surface area contributed by atoms with Crippen LogP contribution in [0.25, 0.3) is 0 Å². The van der Waals surface area contributed by atoms with Gasteiger partial charge < -0.3 is 4.74 Å². The van der Waals surface area contributed by atoms with E-state index in [0.717, 1.165) is 6.42 Å². The van der Waals surface area contributed by atoms with Crippen LogP contribution in [0, 0.1) is 11.8 Å². The number of carbonyl (C=O) groups excluding carboxylic acids is 1. The van der Waals surface area contributed by atoms with Gasteiger partial charge in [0, 0.05) is 0 Å². The summed E-state index contributed by atoms with van der Waals surface area (Å²) in [5.74, 6) is 0.824. The van der Waals surface area contributed by atoms with Gasteiger partial charge in [0.15, 0.2) is 0 Å². The van der Waals surface area contributed by atoms with Crippen molar-refractivity contribution < 1.29 is 9.53 Å². The van der Waals surface area contributed by atoms with Gasteiger partial charge in [-0.2, -0.15) is 0 Å². The quantitative estimate of drug-likeness (QED) is 0.635. The lowest BCUT2D eigenvalue weighted by Crippen LogP contribution is -2.59. The standard InChI is InChI=1S/C12H20O2/c1-3-10-11(13)14-12(10,2)9-7-5-4-6-8-9/h9-10H,3-8H2,1-2H3/t10-,12+/m1/s1. The number of hydrogen-bond acceptors (Lipinski definition) is 2. The summed E-state index contributed by atoms with van der Waals surface area (Å²) in [6.07, 6.45) is 7.42. The molecule has 1 saturated heterocycles. The average Bonchev–Trinajstić information content (AvgIpc) is 2.19. The number of esters is 1.